The molecule has 0 aromatic heterocycles. The number of carbonyl (C=O) groups is 1. The van der Waals surface area contributed by atoms with Crippen LogP contribution in [0.25, 0.3) is 0 Å². The molecule has 2 aromatic rings. The molecule has 2 rings (SSSR count). The fraction of sp³-hybridized carbons (Fsp3) is 0.350. The second kappa shape index (κ2) is 9.38. The van der Waals surface area contributed by atoms with E-state index in [0.717, 1.165) is 29.5 Å². The van der Waals surface area contributed by atoms with Gasteiger partial charge in [-0.1, -0.05) is 12.1 Å². The summed E-state index contributed by atoms with van der Waals surface area (Å²) in [5.74, 6) is -0.772. The van der Waals surface area contributed by atoms with Crippen LogP contribution in [0.2, 0.25) is 0 Å². The van der Waals surface area contributed by atoms with Crippen molar-refractivity contribution in [2.24, 2.45) is 0 Å². The quantitative estimate of drug-likeness (QED) is 0.655. The maximum Gasteiger partial charge on any atom is 0.573 e. The second-order valence-corrected chi connectivity index (χ2v) is 8.76. The number of hydrogen-bond donors (Lipinski definition) is 1. The van der Waals surface area contributed by atoms with Gasteiger partial charge in [0.1, 0.15) is 5.75 Å². The number of ether oxygens (including phenoxy) is 1. The number of alkyl halides is 3. The summed E-state index contributed by atoms with van der Waals surface area (Å²) in [6, 6.07) is 10.3. The Morgan fingerprint density at radius 1 is 1.10 bits per heavy atom. The van der Waals surface area contributed by atoms with Gasteiger partial charge < -0.3 is 10.1 Å². The largest absolute Gasteiger partial charge is 0.573 e. The molecule has 0 aliphatic rings. The Hall–Kier alpha value is -2.75. The van der Waals surface area contributed by atoms with Crippen molar-refractivity contribution >= 4 is 27.3 Å². The summed E-state index contributed by atoms with van der Waals surface area (Å²) in [7, 11) is -3.54. The maximum absolute atomic E-state index is 12.2. The third-order valence-corrected chi connectivity index (χ3v) is 5.35. The van der Waals surface area contributed by atoms with E-state index >= 15 is 0 Å². The zero-order chi connectivity index (χ0) is 22.5. The minimum Gasteiger partial charge on any atom is -0.406 e. The van der Waals surface area contributed by atoms with Crippen LogP contribution in [-0.4, -0.2) is 33.5 Å². The van der Waals surface area contributed by atoms with Gasteiger partial charge in [0.25, 0.3) is 0 Å². The van der Waals surface area contributed by atoms with Crippen molar-refractivity contribution in [3.63, 3.8) is 0 Å². The first-order valence-electron chi connectivity index (χ1n) is 9.06. The molecule has 6 nitrogen and oxygen atoms in total. The molecule has 30 heavy (non-hydrogen) atoms. The first kappa shape index (κ1) is 23.5. The minimum absolute atomic E-state index is 0.0394. The van der Waals surface area contributed by atoms with Gasteiger partial charge in [0, 0.05) is 18.7 Å². The third kappa shape index (κ3) is 7.25. The Labute approximate surface area is 173 Å². The lowest BCUT2D eigenvalue weighted by Crippen LogP contribution is -2.32. The highest BCUT2D eigenvalue weighted by atomic mass is 32.2. The Morgan fingerprint density at radius 2 is 1.73 bits per heavy atom. The molecule has 0 saturated carbocycles. The predicted octanol–water partition coefficient (Wildman–Crippen LogP) is 4.39. The number of sulfonamides is 1. The molecule has 0 radical (unpaired) electrons. The molecule has 0 atom stereocenters. The Morgan fingerprint density at radius 3 is 2.30 bits per heavy atom. The monoisotopic (exact) mass is 444 g/mol. The van der Waals surface area contributed by atoms with Crippen molar-refractivity contribution in [3.05, 3.63) is 53.6 Å². The molecule has 0 aliphatic heterocycles. The summed E-state index contributed by atoms with van der Waals surface area (Å²) < 4.78 is 66.0. The first-order valence-corrected chi connectivity index (χ1v) is 10.9. The minimum atomic E-state index is -4.79. The van der Waals surface area contributed by atoms with Crippen LogP contribution in [0.1, 0.15) is 24.0 Å². The smallest absolute Gasteiger partial charge is 0.406 e. The normalized spacial score (nSPS) is 11.8. The number of halogens is 3. The average molecular weight is 444 g/mol. The van der Waals surface area contributed by atoms with E-state index < -0.39 is 22.1 Å². The van der Waals surface area contributed by atoms with Crippen molar-refractivity contribution < 1.29 is 31.1 Å². The van der Waals surface area contributed by atoms with E-state index in [0.29, 0.717) is 11.4 Å². The molecule has 0 bridgehead atoms. The number of anilines is 2. The van der Waals surface area contributed by atoms with Gasteiger partial charge in [-0.2, -0.15) is 0 Å². The first-order chi connectivity index (χ1) is 13.8. The molecule has 1 amide bonds. The summed E-state index contributed by atoms with van der Waals surface area (Å²) in [6.45, 7) is 3.79. The molecule has 1 N–H and O–H groups in total. The summed E-state index contributed by atoms with van der Waals surface area (Å²) in [4.78, 5) is 12.1. The zero-order valence-corrected chi connectivity index (χ0v) is 17.6. The fourth-order valence-electron chi connectivity index (χ4n) is 2.80. The molecule has 2 aromatic carbocycles. The second-order valence-electron chi connectivity index (χ2n) is 6.85. The number of aryl methyl sites for hydroxylation is 2. The van der Waals surface area contributed by atoms with Gasteiger partial charge >= 0.3 is 6.36 Å². The predicted molar refractivity (Wildman–Crippen MR) is 109 cm³/mol. The number of amides is 1. The van der Waals surface area contributed by atoms with E-state index in [1.54, 1.807) is 6.07 Å². The molecule has 0 heterocycles. The molecule has 164 valence electrons. The van der Waals surface area contributed by atoms with Crippen LogP contribution in [0.3, 0.4) is 0 Å². The number of carbonyl (C=O) groups excluding carboxylic acids is 1. The summed E-state index contributed by atoms with van der Waals surface area (Å²) in [5.41, 5.74) is 2.60. The molecule has 0 saturated heterocycles. The molecular weight excluding hydrogens is 421 g/mol. The Balaban J connectivity index is 1.95. The fourth-order valence-corrected chi connectivity index (χ4v) is 3.81. The summed E-state index contributed by atoms with van der Waals surface area (Å²) in [5, 5.41) is 2.56. The third-order valence-electron chi connectivity index (χ3n) is 4.17. The summed E-state index contributed by atoms with van der Waals surface area (Å²) in [6.07, 6.45) is -3.37. The van der Waals surface area contributed by atoms with Crippen LogP contribution in [0.4, 0.5) is 24.5 Å². The van der Waals surface area contributed by atoms with Crippen molar-refractivity contribution in [2.45, 2.75) is 33.1 Å². The molecule has 0 unspecified atom stereocenters. The van der Waals surface area contributed by atoms with E-state index in [2.05, 4.69) is 10.1 Å². The highest BCUT2D eigenvalue weighted by Gasteiger charge is 2.31. The average Bonchev–Trinajstić information content (AvgIpc) is 2.60. The van der Waals surface area contributed by atoms with E-state index in [4.69, 9.17) is 0 Å². The van der Waals surface area contributed by atoms with Crippen LogP contribution < -0.4 is 14.4 Å². The standard InChI is InChI=1S/C20H23F3N2O4S/c1-14-6-7-15(2)18(13-14)25(30(3,27)28)12-4-5-19(26)24-16-8-10-17(11-9-16)29-20(21,22)23/h6-11,13H,4-5,12H2,1-3H3,(H,24,26). The molecule has 10 heteroatoms. The van der Waals surface area contributed by atoms with Gasteiger partial charge in [0.05, 0.1) is 11.9 Å². The topological polar surface area (TPSA) is 75.7 Å². The van der Waals surface area contributed by atoms with E-state index in [-0.39, 0.29) is 25.3 Å². The lowest BCUT2D eigenvalue weighted by Gasteiger charge is -2.24. The molecule has 0 fully saturated rings. The molecule has 0 aliphatic carbocycles. The zero-order valence-electron chi connectivity index (χ0n) is 16.8. The molecule has 0 spiro atoms. The van der Waals surface area contributed by atoms with Gasteiger partial charge in [-0.05, 0) is 61.7 Å². The number of nitrogens with zero attached hydrogens (tertiary/aromatic N) is 1. The maximum atomic E-state index is 12.2. The number of benzene rings is 2. The lowest BCUT2D eigenvalue weighted by atomic mass is 10.1. The van der Waals surface area contributed by atoms with E-state index in [9.17, 15) is 26.4 Å². The van der Waals surface area contributed by atoms with E-state index in [1.165, 1.54) is 16.4 Å². The van der Waals surface area contributed by atoms with Crippen LogP contribution in [0, 0.1) is 13.8 Å². The SMILES string of the molecule is Cc1ccc(C)c(N(CCCC(=O)Nc2ccc(OC(F)(F)F)cc2)S(C)(=O)=O)c1. The van der Waals surface area contributed by atoms with Gasteiger partial charge in [-0.3, -0.25) is 9.10 Å². The Kier molecular flexibility index (Phi) is 7.35. The van der Waals surface area contributed by atoms with Crippen molar-refractivity contribution in [1.82, 2.24) is 0 Å². The van der Waals surface area contributed by atoms with Gasteiger partial charge in [-0.25, -0.2) is 8.42 Å². The van der Waals surface area contributed by atoms with Crippen LogP contribution >= 0.6 is 0 Å². The Bertz CT molecular complexity index is 990. The highest BCUT2D eigenvalue weighted by Crippen LogP contribution is 2.25. The van der Waals surface area contributed by atoms with Crippen LogP contribution in [0.15, 0.2) is 42.5 Å². The number of nitrogens with one attached hydrogen (secondary N) is 1. The number of rotatable bonds is 8. The van der Waals surface area contributed by atoms with Crippen molar-refractivity contribution in [2.75, 3.05) is 22.4 Å². The van der Waals surface area contributed by atoms with Crippen molar-refractivity contribution in [3.8, 4) is 5.75 Å². The summed E-state index contributed by atoms with van der Waals surface area (Å²) >= 11 is 0. The van der Waals surface area contributed by atoms with Crippen LogP contribution in [0.5, 0.6) is 5.75 Å². The van der Waals surface area contributed by atoms with Crippen LogP contribution in [-0.2, 0) is 14.8 Å². The highest BCUT2D eigenvalue weighted by molar-refractivity contribution is 7.92. The van der Waals surface area contributed by atoms with Gasteiger partial charge in [-0.15, -0.1) is 13.2 Å². The lowest BCUT2D eigenvalue weighted by molar-refractivity contribution is -0.274. The van der Waals surface area contributed by atoms with Gasteiger partial charge in [0.15, 0.2) is 0 Å². The van der Waals surface area contributed by atoms with Gasteiger partial charge in [0.2, 0.25) is 15.9 Å². The van der Waals surface area contributed by atoms with Crippen molar-refractivity contribution in [1.29, 1.82) is 0 Å². The molecular formula is C20H23F3N2O4S. The number of hydrogen-bond acceptors (Lipinski definition) is 4. The van der Waals surface area contributed by atoms with E-state index in [1.807, 2.05) is 26.0 Å².